The van der Waals surface area contributed by atoms with E-state index in [0.717, 1.165) is 16.7 Å². The number of thiophene rings is 1. The Morgan fingerprint density at radius 1 is 1.38 bits per heavy atom. The van der Waals surface area contributed by atoms with E-state index < -0.39 is 34.5 Å². The zero-order chi connectivity index (χ0) is 24.4. The normalized spacial score (nSPS) is 20.5. The van der Waals surface area contributed by atoms with Crippen LogP contribution in [-0.4, -0.2) is 81.9 Å². The maximum atomic E-state index is 12.9. The number of fused-ring (bicyclic) bond motifs is 1. The number of anilines is 1. The first kappa shape index (κ1) is 24.0. The van der Waals surface area contributed by atoms with Crippen molar-refractivity contribution < 1.29 is 29.4 Å². The largest absolute Gasteiger partial charge is 0.481 e. The predicted octanol–water partition coefficient (Wildman–Crippen LogP) is 0.150. The molecule has 0 spiro atoms. The minimum atomic E-state index is -1.31. The number of thioether (sulfide) groups is 2. The van der Waals surface area contributed by atoms with E-state index >= 15 is 0 Å². The molecule has 2 aromatic rings. The average Bonchev–Trinajstić information content (AvgIpc) is 3.45. The minimum absolute atomic E-state index is 0.0159. The average molecular weight is 526 g/mol. The number of aromatic amines is 1. The molecule has 4 heterocycles. The van der Waals surface area contributed by atoms with Crippen LogP contribution in [0.3, 0.4) is 0 Å². The van der Waals surface area contributed by atoms with Crippen molar-refractivity contribution in [2.75, 3.05) is 11.5 Å². The fourth-order valence-corrected chi connectivity index (χ4v) is 6.88. The number of nitrogens with two attached hydrogens (primary N) is 1. The fraction of sp³-hybridized carbons (Fsp3) is 0.389. The van der Waals surface area contributed by atoms with E-state index in [2.05, 4.69) is 25.9 Å². The summed E-state index contributed by atoms with van der Waals surface area (Å²) in [5, 5.41) is 36.5. The van der Waals surface area contributed by atoms with Crippen LogP contribution in [0.4, 0.5) is 5.00 Å². The van der Waals surface area contributed by atoms with Gasteiger partial charge in [0.1, 0.15) is 17.1 Å². The number of aliphatic carboxylic acids is 2. The van der Waals surface area contributed by atoms with E-state index in [1.807, 2.05) is 0 Å². The van der Waals surface area contributed by atoms with Gasteiger partial charge < -0.3 is 21.3 Å². The Morgan fingerprint density at radius 2 is 2.18 bits per heavy atom. The van der Waals surface area contributed by atoms with Crippen LogP contribution in [-0.2, 0) is 25.6 Å². The Morgan fingerprint density at radius 3 is 2.79 bits per heavy atom. The van der Waals surface area contributed by atoms with Gasteiger partial charge in [0.15, 0.2) is 0 Å². The van der Waals surface area contributed by atoms with Gasteiger partial charge in [0.25, 0.3) is 5.91 Å². The summed E-state index contributed by atoms with van der Waals surface area (Å²) in [6.07, 6.45) is -0.0868. The topological polar surface area (TPSA) is 204 Å². The number of nitrogens with one attached hydrogen (secondary N) is 2. The van der Waals surface area contributed by atoms with Crippen LogP contribution in [0, 0.1) is 0 Å². The number of tetrazole rings is 1. The van der Waals surface area contributed by atoms with E-state index in [0.29, 0.717) is 16.1 Å². The van der Waals surface area contributed by atoms with E-state index in [9.17, 15) is 24.3 Å². The number of β-lactam (4-membered cyclic amide) rings is 1. The van der Waals surface area contributed by atoms with Crippen LogP contribution in [0.25, 0.3) is 0 Å². The lowest BCUT2D eigenvalue weighted by atomic mass is 9.99. The first-order valence-corrected chi connectivity index (χ1v) is 12.7. The van der Waals surface area contributed by atoms with Gasteiger partial charge in [0, 0.05) is 17.4 Å². The maximum Gasteiger partial charge on any atom is 0.352 e. The van der Waals surface area contributed by atoms with Crippen molar-refractivity contribution in [2.24, 2.45) is 0 Å². The number of nitrogens with zero attached hydrogens (tertiary/aromatic N) is 4. The molecule has 2 aromatic heterocycles. The summed E-state index contributed by atoms with van der Waals surface area (Å²) in [5.74, 6) is -3.04. The number of hydrogen-bond donors (Lipinski definition) is 5. The van der Waals surface area contributed by atoms with Crippen LogP contribution in [0.2, 0.25) is 0 Å². The molecule has 2 unspecified atom stereocenters. The molecule has 0 aromatic carbocycles. The molecule has 16 heteroatoms. The lowest BCUT2D eigenvalue weighted by molar-refractivity contribution is -0.150. The Hall–Kier alpha value is -3.11. The van der Waals surface area contributed by atoms with Crippen LogP contribution < -0.4 is 11.1 Å². The van der Waals surface area contributed by atoms with Gasteiger partial charge in [-0.05, 0) is 34.2 Å². The molecule has 6 N–H and O–H groups in total. The minimum Gasteiger partial charge on any atom is -0.481 e. The predicted molar refractivity (Wildman–Crippen MR) is 123 cm³/mol. The first-order chi connectivity index (χ1) is 16.3. The second-order valence-corrected chi connectivity index (χ2v) is 10.6. The summed E-state index contributed by atoms with van der Waals surface area (Å²) in [4.78, 5) is 49.8. The second-order valence-electron chi connectivity index (χ2n) is 7.35. The third kappa shape index (κ3) is 4.88. The molecule has 2 aliphatic rings. The lowest BCUT2D eigenvalue weighted by Crippen LogP contribution is -2.70. The monoisotopic (exact) mass is 525 g/mol. The summed E-state index contributed by atoms with van der Waals surface area (Å²) in [7, 11) is 0. The molecular weight excluding hydrogens is 506 g/mol. The number of nitrogen functional groups attached to an aromatic ring is 1. The highest BCUT2D eigenvalue weighted by Crippen LogP contribution is 2.44. The van der Waals surface area contributed by atoms with Crippen molar-refractivity contribution in [2.45, 2.75) is 41.1 Å². The highest BCUT2D eigenvalue weighted by Gasteiger charge is 2.54. The molecular formula is C18H19N7O6S3. The Balaban J connectivity index is 1.53. The van der Waals surface area contributed by atoms with Crippen molar-refractivity contribution in [1.29, 1.82) is 0 Å². The number of carbonyl (C=O) groups is 4. The molecule has 1 saturated heterocycles. The van der Waals surface area contributed by atoms with Crippen LogP contribution in [0.5, 0.6) is 0 Å². The molecule has 4 rings (SSSR count). The first-order valence-electron chi connectivity index (χ1n) is 9.90. The molecule has 180 valence electrons. The van der Waals surface area contributed by atoms with Gasteiger partial charge in [0.05, 0.1) is 11.4 Å². The standard InChI is InChI=1S/C18H19N7O6S3/c19-14-7(3-4-32-14)5-10(26)20-12-15(29)25-13(17(30)31)8(6-33-16(12)25)9(1-2-11(27)28)34-18-21-23-24-22-18/h3-4,9,12,16H,1-2,5-6,19H2,(H,20,26)(H,27,28)(H,30,31)(H,21,22,23,24)/t9?,12?,16-/m0/s1. The van der Waals surface area contributed by atoms with Crippen molar-refractivity contribution in [1.82, 2.24) is 30.8 Å². The summed E-state index contributed by atoms with van der Waals surface area (Å²) in [6, 6.07) is 0.871. The molecule has 1 fully saturated rings. The Kier molecular flexibility index (Phi) is 7.08. The molecule has 34 heavy (non-hydrogen) atoms. The van der Waals surface area contributed by atoms with Gasteiger partial charge in [-0.25, -0.2) is 4.79 Å². The molecule has 0 bridgehead atoms. The van der Waals surface area contributed by atoms with E-state index in [1.54, 1.807) is 11.4 Å². The Bertz CT molecular complexity index is 1150. The van der Waals surface area contributed by atoms with Crippen molar-refractivity contribution in [3.63, 3.8) is 0 Å². The molecule has 3 atom stereocenters. The third-order valence-corrected chi connectivity index (χ3v) is 8.51. The van der Waals surface area contributed by atoms with Gasteiger partial charge in [-0.3, -0.25) is 19.3 Å². The third-order valence-electron chi connectivity index (χ3n) is 5.23. The SMILES string of the molecule is Nc1sccc1CC(=O)NC1C(=O)N2C(C(=O)O)=C(C(CCC(=O)O)Sc3nn[nH]n3)CS[C@@H]12. The summed E-state index contributed by atoms with van der Waals surface area (Å²) < 4.78 is 0. The highest BCUT2D eigenvalue weighted by atomic mass is 32.2. The Labute approximate surface area is 204 Å². The summed E-state index contributed by atoms with van der Waals surface area (Å²) in [6.45, 7) is 0. The zero-order valence-corrected chi connectivity index (χ0v) is 19.8. The summed E-state index contributed by atoms with van der Waals surface area (Å²) in [5.41, 5.74) is 6.68. The molecule has 13 nitrogen and oxygen atoms in total. The van der Waals surface area contributed by atoms with E-state index in [-0.39, 0.29) is 41.8 Å². The number of rotatable bonds is 10. The number of aromatic nitrogens is 4. The van der Waals surface area contributed by atoms with Crippen LogP contribution >= 0.6 is 34.9 Å². The maximum absolute atomic E-state index is 12.9. The van der Waals surface area contributed by atoms with Gasteiger partial charge in [-0.2, -0.15) is 5.21 Å². The molecule has 0 saturated carbocycles. The lowest BCUT2D eigenvalue weighted by Gasteiger charge is -2.50. The molecule has 0 radical (unpaired) electrons. The number of carbonyl (C=O) groups excluding carboxylic acids is 2. The van der Waals surface area contributed by atoms with Crippen LogP contribution in [0.1, 0.15) is 18.4 Å². The van der Waals surface area contributed by atoms with Gasteiger partial charge in [0.2, 0.25) is 11.1 Å². The van der Waals surface area contributed by atoms with E-state index in [4.69, 9.17) is 10.8 Å². The quantitative estimate of drug-likeness (QED) is 0.208. The molecule has 2 aliphatic heterocycles. The van der Waals surface area contributed by atoms with Crippen LogP contribution in [0.15, 0.2) is 27.9 Å². The number of H-pyrrole nitrogens is 1. The summed E-state index contributed by atoms with van der Waals surface area (Å²) >= 11 is 3.69. The van der Waals surface area contributed by atoms with Crippen molar-refractivity contribution in [3.05, 3.63) is 28.3 Å². The van der Waals surface area contributed by atoms with E-state index in [1.165, 1.54) is 23.1 Å². The smallest absolute Gasteiger partial charge is 0.352 e. The number of carboxylic acid groups (broad SMARTS) is 2. The van der Waals surface area contributed by atoms with Crippen molar-refractivity contribution in [3.8, 4) is 0 Å². The van der Waals surface area contributed by atoms with Gasteiger partial charge in [-0.1, -0.05) is 11.8 Å². The highest BCUT2D eigenvalue weighted by molar-refractivity contribution is 8.01. The number of hydrogen-bond acceptors (Lipinski definition) is 11. The van der Waals surface area contributed by atoms with Crippen molar-refractivity contribution >= 4 is 63.6 Å². The fourth-order valence-electron chi connectivity index (χ4n) is 3.67. The van der Waals surface area contributed by atoms with Gasteiger partial charge >= 0.3 is 11.9 Å². The number of amides is 2. The number of carboxylic acids is 2. The zero-order valence-electron chi connectivity index (χ0n) is 17.3. The molecule has 2 amide bonds. The van der Waals surface area contributed by atoms with Gasteiger partial charge in [-0.15, -0.1) is 33.3 Å². The molecule has 0 aliphatic carbocycles. The second kappa shape index (κ2) is 10.0.